The SMILES string of the molecule is CN(C)c1ccc2c(c1)c1cc(-c3ccc4c(c3)c3ccccc3n4-c3ccccc3)ccc1n2-c1nc(-c2ccccc2)c2ccccc2n1. The maximum atomic E-state index is 5.28. The van der Waals surface area contributed by atoms with Gasteiger partial charge in [-0.2, -0.15) is 0 Å². The van der Waals surface area contributed by atoms with Crippen LogP contribution < -0.4 is 4.90 Å². The lowest BCUT2D eigenvalue weighted by Gasteiger charge is -2.13. The van der Waals surface area contributed by atoms with Gasteiger partial charge in [0.25, 0.3) is 0 Å². The van der Waals surface area contributed by atoms with Gasteiger partial charge in [-0.25, -0.2) is 9.97 Å². The van der Waals surface area contributed by atoms with Crippen molar-refractivity contribution in [3.63, 3.8) is 0 Å². The summed E-state index contributed by atoms with van der Waals surface area (Å²) >= 11 is 0. The number of fused-ring (bicyclic) bond motifs is 7. The van der Waals surface area contributed by atoms with E-state index in [-0.39, 0.29) is 0 Å². The van der Waals surface area contributed by atoms with Gasteiger partial charge in [-0.15, -0.1) is 0 Å². The van der Waals surface area contributed by atoms with Crippen LogP contribution in [0.3, 0.4) is 0 Å². The molecule has 0 atom stereocenters. The highest BCUT2D eigenvalue weighted by Gasteiger charge is 2.19. The van der Waals surface area contributed by atoms with Crippen LogP contribution >= 0.6 is 0 Å². The Hall–Kier alpha value is -6.72. The van der Waals surface area contributed by atoms with Gasteiger partial charge in [-0.1, -0.05) is 97.1 Å². The topological polar surface area (TPSA) is 38.9 Å². The molecule has 0 unspecified atom stereocenters. The second-order valence-electron chi connectivity index (χ2n) is 13.3. The van der Waals surface area contributed by atoms with Crippen molar-refractivity contribution < 1.29 is 0 Å². The number of benzene rings is 7. The van der Waals surface area contributed by atoms with Crippen molar-refractivity contribution in [1.29, 1.82) is 0 Å². The molecule has 7 aromatic carbocycles. The standard InChI is InChI=1S/C46H33N5/c1-49(2)34-23-26-44-39(29-34)38-28-32(31-21-24-42-37(27-31)35-17-10-12-20-41(35)50(42)33-15-7-4-8-16-33)22-25-43(38)51(44)46-47-40-19-11-9-18-36(40)45(48-46)30-13-5-3-6-14-30/h3-29H,1-2H3. The van der Waals surface area contributed by atoms with Crippen molar-refractivity contribution in [2.45, 2.75) is 0 Å². The Morgan fingerprint density at radius 2 is 0.961 bits per heavy atom. The van der Waals surface area contributed by atoms with E-state index in [0.717, 1.165) is 55.3 Å². The summed E-state index contributed by atoms with van der Waals surface area (Å²) in [4.78, 5) is 12.6. The van der Waals surface area contributed by atoms with Crippen LogP contribution in [0, 0.1) is 0 Å². The van der Waals surface area contributed by atoms with Gasteiger partial charge >= 0.3 is 0 Å². The number of aromatic nitrogens is 4. The first-order valence-corrected chi connectivity index (χ1v) is 17.3. The molecule has 0 spiro atoms. The molecule has 0 N–H and O–H groups in total. The van der Waals surface area contributed by atoms with Gasteiger partial charge in [0.05, 0.1) is 33.3 Å². The number of anilines is 1. The highest BCUT2D eigenvalue weighted by Crippen LogP contribution is 2.39. The van der Waals surface area contributed by atoms with Crippen LogP contribution in [0.2, 0.25) is 0 Å². The average Bonchev–Trinajstić information content (AvgIpc) is 3.70. The number of nitrogens with zero attached hydrogens (tertiary/aromatic N) is 5. The number of para-hydroxylation sites is 3. The predicted molar refractivity (Wildman–Crippen MR) is 213 cm³/mol. The van der Waals surface area contributed by atoms with Crippen LogP contribution in [-0.2, 0) is 0 Å². The first-order chi connectivity index (χ1) is 25.1. The third-order valence-electron chi connectivity index (χ3n) is 10.1. The Bertz CT molecular complexity index is 2940. The molecular weight excluding hydrogens is 623 g/mol. The summed E-state index contributed by atoms with van der Waals surface area (Å²) in [5.74, 6) is 0.660. The molecule has 3 heterocycles. The van der Waals surface area contributed by atoms with Gasteiger partial charge in [0, 0.05) is 58.0 Å². The van der Waals surface area contributed by atoms with Crippen LogP contribution in [0.4, 0.5) is 5.69 Å². The molecule has 5 nitrogen and oxygen atoms in total. The monoisotopic (exact) mass is 655 g/mol. The fourth-order valence-electron chi connectivity index (χ4n) is 7.67. The van der Waals surface area contributed by atoms with Gasteiger partial charge in [-0.3, -0.25) is 4.57 Å². The first kappa shape index (κ1) is 29.2. The lowest BCUT2D eigenvalue weighted by molar-refractivity contribution is 1.01. The van der Waals surface area contributed by atoms with Gasteiger partial charge in [0.2, 0.25) is 5.95 Å². The largest absolute Gasteiger partial charge is 0.378 e. The molecule has 5 heteroatoms. The van der Waals surface area contributed by atoms with E-state index in [1.807, 2.05) is 12.1 Å². The Balaban J connectivity index is 1.21. The molecule has 10 rings (SSSR count). The molecule has 10 aromatic rings. The Labute approximate surface area is 295 Å². The molecule has 0 saturated heterocycles. The smallest absolute Gasteiger partial charge is 0.235 e. The fourth-order valence-corrected chi connectivity index (χ4v) is 7.67. The Morgan fingerprint density at radius 1 is 0.412 bits per heavy atom. The third kappa shape index (κ3) is 4.62. The summed E-state index contributed by atoms with van der Waals surface area (Å²) in [5, 5.41) is 5.85. The minimum absolute atomic E-state index is 0.660. The van der Waals surface area contributed by atoms with E-state index < -0.39 is 0 Å². The Kier molecular flexibility index (Phi) is 6.55. The van der Waals surface area contributed by atoms with Crippen LogP contribution in [0.25, 0.3) is 88.5 Å². The molecule has 51 heavy (non-hydrogen) atoms. The van der Waals surface area contributed by atoms with Gasteiger partial charge in [0.1, 0.15) is 0 Å². The molecule has 0 radical (unpaired) electrons. The summed E-state index contributed by atoms with van der Waals surface area (Å²) in [6.07, 6.45) is 0. The molecule has 0 saturated carbocycles. The molecule has 0 fully saturated rings. The van der Waals surface area contributed by atoms with Crippen LogP contribution in [0.5, 0.6) is 0 Å². The van der Waals surface area contributed by atoms with E-state index in [1.54, 1.807) is 0 Å². The lowest BCUT2D eigenvalue weighted by Crippen LogP contribution is -2.08. The quantitative estimate of drug-likeness (QED) is 0.185. The van der Waals surface area contributed by atoms with E-state index in [9.17, 15) is 0 Å². The van der Waals surface area contributed by atoms with Crippen molar-refractivity contribution in [1.82, 2.24) is 19.1 Å². The molecule has 0 bridgehead atoms. The Morgan fingerprint density at radius 3 is 1.69 bits per heavy atom. The molecule has 0 aliphatic carbocycles. The van der Waals surface area contributed by atoms with Crippen LogP contribution in [0.15, 0.2) is 164 Å². The zero-order chi connectivity index (χ0) is 34.1. The summed E-state index contributed by atoms with van der Waals surface area (Å²) < 4.78 is 4.59. The average molecular weight is 656 g/mol. The first-order valence-electron chi connectivity index (χ1n) is 17.3. The fraction of sp³-hybridized carbons (Fsp3) is 0.0435. The molecule has 242 valence electrons. The van der Waals surface area contributed by atoms with Crippen LogP contribution in [-0.4, -0.2) is 33.2 Å². The lowest BCUT2D eigenvalue weighted by atomic mass is 10.0. The predicted octanol–water partition coefficient (Wildman–Crippen LogP) is 11.2. The second-order valence-corrected chi connectivity index (χ2v) is 13.3. The zero-order valence-corrected chi connectivity index (χ0v) is 28.3. The van der Waals surface area contributed by atoms with E-state index >= 15 is 0 Å². The number of hydrogen-bond acceptors (Lipinski definition) is 3. The van der Waals surface area contributed by atoms with E-state index in [1.165, 1.54) is 32.9 Å². The second kappa shape index (κ2) is 11.4. The normalized spacial score (nSPS) is 11.7. The van der Waals surface area contributed by atoms with Crippen molar-refractivity contribution in [3.05, 3.63) is 164 Å². The van der Waals surface area contributed by atoms with E-state index in [0.29, 0.717) is 5.95 Å². The van der Waals surface area contributed by atoms with Gasteiger partial charge in [-0.05, 0) is 77.9 Å². The maximum absolute atomic E-state index is 5.28. The number of rotatable bonds is 5. The highest BCUT2D eigenvalue weighted by molar-refractivity contribution is 6.13. The van der Waals surface area contributed by atoms with E-state index in [4.69, 9.17) is 9.97 Å². The third-order valence-corrected chi connectivity index (χ3v) is 10.1. The van der Waals surface area contributed by atoms with Crippen LogP contribution in [0.1, 0.15) is 0 Å². The molecule has 0 aliphatic heterocycles. The molecule has 0 amide bonds. The van der Waals surface area contributed by atoms with Crippen molar-refractivity contribution in [2.24, 2.45) is 0 Å². The summed E-state index contributed by atoms with van der Waals surface area (Å²) in [6, 6.07) is 58.3. The summed E-state index contributed by atoms with van der Waals surface area (Å²) in [6.45, 7) is 0. The van der Waals surface area contributed by atoms with Crippen molar-refractivity contribution in [3.8, 4) is 34.0 Å². The number of hydrogen-bond donors (Lipinski definition) is 0. The van der Waals surface area contributed by atoms with E-state index in [2.05, 4.69) is 180 Å². The van der Waals surface area contributed by atoms with Gasteiger partial charge < -0.3 is 9.47 Å². The highest BCUT2D eigenvalue weighted by atomic mass is 15.2. The summed E-state index contributed by atoms with van der Waals surface area (Å²) in [5.41, 5.74) is 12.1. The van der Waals surface area contributed by atoms with Crippen molar-refractivity contribution >= 4 is 60.2 Å². The molecule has 3 aromatic heterocycles. The molecular formula is C46H33N5. The minimum Gasteiger partial charge on any atom is -0.378 e. The molecule has 0 aliphatic rings. The maximum Gasteiger partial charge on any atom is 0.235 e. The minimum atomic E-state index is 0.660. The zero-order valence-electron chi connectivity index (χ0n) is 28.3. The summed E-state index contributed by atoms with van der Waals surface area (Å²) in [7, 11) is 4.18. The van der Waals surface area contributed by atoms with Gasteiger partial charge in [0.15, 0.2) is 0 Å². The van der Waals surface area contributed by atoms with Crippen molar-refractivity contribution in [2.75, 3.05) is 19.0 Å².